The second-order valence-electron chi connectivity index (χ2n) is 6.53. The minimum Gasteiger partial charge on any atom is -0.491 e. The Kier molecular flexibility index (Phi) is 9.10. The lowest BCUT2D eigenvalue weighted by Crippen LogP contribution is -2.29. The molecule has 1 aliphatic heterocycles. The first kappa shape index (κ1) is 22.8. The lowest BCUT2D eigenvalue weighted by molar-refractivity contribution is -0.115. The zero-order valence-corrected chi connectivity index (χ0v) is 17.4. The minimum atomic E-state index is -0.252. The van der Waals surface area contributed by atoms with Crippen LogP contribution in [-0.4, -0.2) is 51.4 Å². The molecule has 0 fully saturated rings. The second kappa shape index (κ2) is 12.8. The van der Waals surface area contributed by atoms with E-state index in [4.69, 9.17) is 19.7 Å². The highest BCUT2D eigenvalue weighted by Crippen LogP contribution is 2.17. The van der Waals surface area contributed by atoms with Crippen LogP contribution in [0.25, 0.3) is 16.5 Å². The summed E-state index contributed by atoms with van der Waals surface area (Å²) in [5.41, 5.74) is 10.2. The number of rotatable bonds is 12. The normalized spacial score (nSPS) is 13.9. The Morgan fingerprint density at radius 1 is 1.00 bits per heavy atom. The first-order valence-electron chi connectivity index (χ1n) is 10.1. The van der Waals surface area contributed by atoms with Crippen LogP contribution in [0.3, 0.4) is 0 Å². The molecule has 1 heterocycles. The molecule has 0 bridgehead atoms. The summed E-state index contributed by atoms with van der Waals surface area (Å²) in [5, 5.41) is 9.16. The van der Waals surface area contributed by atoms with Gasteiger partial charge in [-0.05, 0) is 41.4 Å². The first-order valence-corrected chi connectivity index (χ1v) is 10.1. The quantitative estimate of drug-likeness (QED) is 0.173. The van der Waals surface area contributed by atoms with E-state index in [0.717, 1.165) is 11.3 Å². The van der Waals surface area contributed by atoms with Crippen molar-refractivity contribution in [1.82, 2.24) is 5.32 Å². The fourth-order valence-electron chi connectivity index (χ4n) is 2.70. The van der Waals surface area contributed by atoms with Gasteiger partial charge in [0.1, 0.15) is 18.1 Å². The minimum absolute atomic E-state index is 0.252. The largest absolute Gasteiger partial charge is 0.491 e. The molecule has 0 spiro atoms. The van der Waals surface area contributed by atoms with Gasteiger partial charge in [-0.2, -0.15) is 0 Å². The predicted octanol–water partition coefficient (Wildman–Crippen LogP) is 3.35. The lowest BCUT2D eigenvalue weighted by Gasteiger charge is -2.09. The summed E-state index contributed by atoms with van der Waals surface area (Å²) in [4.78, 5) is 19.1. The predicted molar refractivity (Wildman–Crippen MR) is 121 cm³/mol. The van der Waals surface area contributed by atoms with Gasteiger partial charge in [0.15, 0.2) is 0 Å². The van der Waals surface area contributed by atoms with Crippen LogP contribution in [0.1, 0.15) is 5.56 Å². The Morgan fingerprint density at radius 2 is 1.72 bits per heavy atom. The van der Waals surface area contributed by atoms with Crippen LogP contribution >= 0.6 is 0 Å². The van der Waals surface area contributed by atoms with Gasteiger partial charge in [-0.1, -0.05) is 35.4 Å². The number of ether oxygens (including phenoxy) is 3. The van der Waals surface area contributed by atoms with Gasteiger partial charge in [-0.15, -0.1) is 0 Å². The van der Waals surface area contributed by atoms with E-state index in [1.807, 2.05) is 54.6 Å². The molecule has 0 saturated heterocycles. The monoisotopic (exact) mass is 436 g/mol. The fourth-order valence-corrected chi connectivity index (χ4v) is 2.70. The van der Waals surface area contributed by atoms with Crippen LogP contribution in [0.15, 0.2) is 70.4 Å². The average Bonchev–Trinajstić information content (AvgIpc) is 3.15. The third-order valence-corrected chi connectivity index (χ3v) is 4.18. The summed E-state index contributed by atoms with van der Waals surface area (Å²) >= 11 is 0. The molecule has 2 aromatic carbocycles. The number of carbonyl (C=O) groups is 1. The van der Waals surface area contributed by atoms with Crippen molar-refractivity contribution in [1.29, 1.82) is 0 Å². The van der Waals surface area contributed by atoms with Gasteiger partial charge in [-0.25, -0.2) is 4.99 Å². The van der Waals surface area contributed by atoms with Crippen LogP contribution in [0, 0.1) is 0 Å². The van der Waals surface area contributed by atoms with Crippen LogP contribution in [0.5, 0.6) is 5.75 Å². The highest BCUT2D eigenvalue weighted by molar-refractivity contribution is 6.17. The molecule has 0 atom stereocenters. The van der Waals surface area contributed by atoms with Gasteiger partial charge in [0.2, 0.25) is 5.96 Å². The number of hydrogen-bond acceptors (Lipinski definition) is 7. The molecule has 10 heteroatoms. The van der Waals surface area contributed by atoms with Crippen LogP contribution < -0.4 is 15.4 Å². The molecular formula is C22H24N6O4. The molecule has 2 aromatic rings. The summed E-state index contributed by atoms with van der Waals surface area (Å²) in [6, 6.07) is 16.9. The van der Waals surface area contributed by atoms with Crippen molar-refractivity contribution in [2.45, 2.75) is 0 Å². The lowest BCUT2D eigenvalue weighted by atomic mass is 10.2. The highest BCUT2D eigenvalue weighted by atomic mass is 16.5. The third-order valence-electron chi connectivity index (χ3n) is 4.18. The zero-order chi connectivity index (χ0) is 22.4. The van der Waals surface area contributed by atoms with Crippen molar-refractivity contribution in [2.75, 3.05) is 44.9 Å². The Labute approximate surface area is 185 Å². The summed E-state index contributed by atoms with van der Waals surface area (Å²) in [5.74, 6) is 0.824. The van der Waals surface area contributed by atoms with E-state index in [-0.39, 0.29) is 5.91 Å². The first-order chi connectivity index (χ1) is 15.7. The molecule has 0 saturated carbocycles. The Hall–Kier alpha value is -3.85. The Bertz CT molecular complexity index is 985. The Morgan fingerprint density at radius 3 is 2.47 bits per heavy atom. The smallest absolute Gasteiger partial charge is 0.276 e. The van der Waals surface area contributed by atoms with E-state index >= 15 is 0 Å². The molecule has 0 aromatic heterocycles. The van der Waals surface area contributed by atoms with E-state index in [0.29, 0.717) is 57.0 Å². The number of carbonyl (C=O) groups excluding carboxylic acids is 1. The molecule has 10 nitrogen and oxygen atoms in total. The standard InChI is InChI=1S/C22H24N6O4/c23-28-24-10-11-30-12-13-31-14-15-32-19-8-6-18(7-9-19)25-22-26-20(21(29)27-22)16-17-4-2-1-3-5-17/h1-9,16H,10-15H2,(H2,25,26,27,29)/b20-16-. The summed E-state index contributed by atoms with van der Waals surface area (Å²) in [6.07, 6.45) is 1.73. The van der Waals surface area contributed by atoms with Crippen molar-refractivity contribution < 1.29 is 19.0 Å². The molecule has 0 radical (unpaired) electrons. The van der Waals surface area contributed by atoms with E-state index in [1.165, 1.54) is 0 Å². The van der Waals surface area contributed by atoms with E-state index in [2.05, 4.69) is 25.7 Å². The fraction of sp³-hybridized carbons (Fsp3) is 0.273. The van der Waals surface area contributed by atoms with Crippen molar-refractivity contribution >= 4 is 23.6 Å². The van der Waals surface area contributed by atoms with Crippen molar-refractivity contribution in [3.05, 3.63) is 76.3 Å². The van der Waals surface area contributed by atoms with Gasteiger partial charge in [-0.3, -0.25) is 10.1 Å². The Balaban J connectivity index is 1.37. The van der Waals surface area contributed by atoms with Crippen molar-refractivity contribution in [3.8, 4) is 5.75 Å². The summed E-state index contributed by atoms with van der Waals surface area (Å²) in [6.45, 7) is 2.41. The maximum Gasteiger partial charge on any atom is 0.276 e. The molecule has 0 unspecified atom stereocenters. The number of aliphatic imine (C=N–C) groups is 1. The van der Waals surface area contributed by atoms with Gasteiger partial charge < -0.3 is 19.5 Å². The van der Waals surface area contributed by atoms with Crippen LogP contribution in [0.2, 0.25) is 0 Å². The number of nitrogens with one attached hydrogen (secondary N) is 2. The molecule has 166 valence electrons. The number of nitrogens with zero attached hydrogens (tertiary/aromatic N) is 4. The number of benzene rings is 2. The van der Waals surface area contributed by atoms with E-state index < -0.39 is 0 Å². The molecule has 1 aliphatic rings. The average molecular weight is 436 g/mol. The highest BCUT2D eigenvalue weighted by Gasteiger charge is 2.19. The molecular weight excluding hydrogens is 412 g/mol. The van der Waals surface area contributed by atoms with Gasteiger partial charge in [0.25, 0.3) is 5.91 Å². The molecule has 3 rings (SSSR count). The summed E-state index contributed by atoms with van der Waals surface area (Å²) in [7, 11) is 0. The molecule has 0 aliphatic carbocycles. The van der Waals surface area contributed by atoms with Gasteiger partial charge >= 0.3 is 0 Å². The maximum atomic E-state index is 12.1. The van der Waals surface area contributed by atoms with E-state index in [1.54, 1.807) is 6.08 Å². The zero-order valence-electron chi connectivity index (χ0n) is 17.4. The maximum absolute atomic E-state index is 12.1. The van der Waals surface area contributed by atoms with Gasteiger partial charge in [0.05, 0.1) is 26.4 Å². The van der Waals surface area contributed by atoms with Crippen LogP contribution in [-0.2, 0) is 14.3 Å². The second-order valence-corrected chi connectivity index (χ2v) is 6.53. The number of hydrogen-bond donors (Lipinski definition) is 2. The summed E-state index contributed by atoms with van der Waals surface area (Å²) < 4.78 is 16.3. The van der Waals surface area contributed by atoms with Crippen molar-refractivity contribution in [2.24, 2.45) is 10.1 Å². The molecule has 32 heavy (non-hydrogen) atoms. The van der Waals surface area contributed by atoms with Crippen molar-refractivity contribution in [3.63, 3.8) is 0 Å². The van der Waals surface area contributed by atoms with Gasteiger partial charge in [0, 0.05) is 17.1 Å². The number of azide groups is 1. The SMILES string of the molecule is [N-]=[N+]=NCCOCCOCCOc1ccc(NC2=N/C(=C\c3ccccc3)C(=O)N2)cc1. The number of guanidine groups is 1. The number of amides is 1. The van der Waals surface area contributed by atoms with E-state index in [9.17, 15) is 4.79 Å². The molecule has 2 N–H and O–H groups in total. The molecule has 1 amide bonds. The van der Waals surface area contributed by atoms with Crippen LogP contribution in [0.4, 0.5) is 5.69 Å². The number of anilines is 1. The topological polar surface area (TPSA) is 130 Å². The third kappa shape index (κ3) is 7.77.